The van der Waals surface area contributed by atoms with Crippen molar-refractivity contribution in [1.82, 2.24) is 9.88 Å². The second-order valence-electron chi connectivity index (χ2n) is 4.71. The Labute approximate surface area is 108 Å². The lowest BCUT2D eigenvalue weighted by Gasteiger charge is -2.11. The van der Waals surface area contributed by atoms with Crippen molar-refractivity contribution in [2.45, 2.75) is 46.7 Å². The van der Waals surface area contributed by atoms with E-state index in [1.54, 1.807) is 0 Å². The molecule has 0 radical (unpaired) electrons. The van der Waals surface area contributed by atoms with Crippen LogP contribution in [0.5, 0.6) is 0 Å². The summed E-state index contributed by atoms with van der Waals surface area (Å²) in [5.74, 6) is 0.443. The van der Waals surface area contributed by atoms with E-state index in [0.717, 1.165) is 11.3 Å². The molecule has 1 heterocycles. The van der Waals surface area contributed by atoms with E-state index in [2.05, 4.69) is 11.4 Å². The van der Waals surface area contributed by atoms with Gasteiger partial charge in [0, 0.05) is 24.7 Å². The van der Waals surface area contributed by atoms with Crippen LogP contribution < -0.4 is 11.1 Å². The molecule has 0 fully saturated rings. The number of hydrogen-bond donors (Lipinski definition) is 2. The van der Waals surface area contributed by atoms with Gasteiger partial charge in [-0.25, -0.2) is 0 Å². The van der Waals surface area contributed by atoms with Crippen molar-refractivity contribution in [3.63, 3.8) is 0 Å². The van der Waals surface area contributed by atoms with Gasteiger partial charge in [0.25, 0.3) is 0 Å². The van der Waals surface area contributed by atoms with E-state index in [4.69, 9.17) is 11.0 Å². The van der Waals surface area contributed by atoms with Crippen molar-refractivity contribution in [3.05, 3.63) is 16.8 Å². The number of rotatable bonds is 4. The third-order valence-electron chi connectivity index (χ3n) is 2.99. The summed E-state index contributed by atoms with van der Waals surface area (Å²) >= 11 is 0. The number of carbonyl (C=O) groups is 1. The zero-order valence-corrected chi connectivity index (χ0v) is 11.4. The number of anilines is 1. The van der Waals surface area contributed by atoms with E-state index in [0.29, 0.717) is 24.3 Å². The molecule has 0 bridgehead atoms. The molecule has 0 aliphatic rings. The average Bonchev–Trinajstić information content (AvgIpc) is 2.47. The molecule has 0 spiro atoms. The number of nitrogens with two attached hydrogens (primary N) is 1. The fourth-order valence-electron chi connectivity index (χ4n) is 1.93. The van der Waals surface area contributed by atoms with Crippen molar-refractivity contribution in [1.29, 1.82) is 5.26 Å². The Bertz CT molecular complexity index is 494. The lowest BCUT2D eigenvalue weighted by Crippen LogP contribution is -2.30. The number of nitrogens with zero attached hydrogens (tertiary/aromatic N) is 2. The van der Waals surface area contributed by atoms with E-state index in [9.17, 15) is 4.79 Å². The van der Waals surface area contributed by atoms with E-state index >= 15 is 0 Å². The molecule has 1 aromatic rings. The molecule has 0 unspecified atom stereocenters. The maximum atomic E-state index is 11.6. The lowest BCUT2D eigenvalue weighted by molar-refractivity contribution is -0.121. The molecule has 0 aromatic carbocycles. The predicted molar refractivity (Wildman–Crippen MR) is 70.9 cm³/mol. The predicted octanol–water partition coefficient (Wildman–Crippen LogP) is 1.47. The van der Waals surface area contributed by atoms with E-state index in [-0.39, 0.29) is 11.9 Å². The minimum atomic E-state index is -0.00587. The van der Waals surface area contributed by atoms with Crippen molar-refractivity contribution in [2.24, 2.45) is 0 Å². The molecule has 1 amide bonds. The third kappa shape index (κ3) is 2.83. The van der Waals surface area contributed by atoms with Gasteiger partial charge >= 0.3 is 0 Å². The lowest BCUT2D eigenvalue weighted by atomic mass is 10.2. The molecule has 5 nitrogen and oxygen atoms in total. The van der Waals surface area contributed by atoms with Crippen LogP contribution in [-0.4, -0.2) is 16.5 Å². The second kappa shape index (κ2) is 5.58. The molecule has 3 N–H and O–H groups in total. The van der Waals surface area contributed by atoms with E-state index in [1.807, 2.05) is 32.3 Å². The third-order valence-corrected chi connectivity index (χ3v) is 2.99. The van der Waals surface area contributed by atoms with Crippen LogP contribution in [0.1, 0.15) is 37.1 Å². The highest BCUT2D eigenvalue weighted by atomic mass is 16.1. The Morgan fingerprint density at radius 3 is 2.56 bits per heavy atom. The number of nitrogens with one attached hydrogen (secondary N) is 1. The topological polar surface area (TPSA) is 83.8 Å². The van der Waals surface area contributed by atoms with Crippen LogP contribution in [0.2, 0.25) is 0 Å². The summed E-state index contributed by atoms with van der Waals surface area (Å²) in [4.78, 5) is 11.6. The van der Waals surface area contributed by atoms with Crippen molar-refractivity contribution < 1.29 is 4.79 Å². The van der Waals surface area contributed by atoms with Gasteiger partial charge in [0.05, 0.1) is 5.56 Å². The van der Waals surface area contributed by atoms with Crippen LogP contribution in [-0.2, 0) is 11.3 Å². The highest BCUT2D eigenvalue weighted by Gasteiger charge is 2.15. The monoisotopic (exact) mass is 248 g/mol. The summed E-state index contributed by atoms with van der Waals surface area (Å²) < 4.78 is 1.83. The smallest absolute Gasteiger partial charge is 0.221 e. The van der Waals surface area contributed by atoms with Gasteiger partial charge in [-0.15, -0.1) is 0 Å². The Morgan fingerprint density at radius 1 is 1.50 bits per heavy atom. The van der Waals surface area contributed by atoms with Gasteiger partial charge in [-0.05, 0) is 33.3 Å². The number of nitrogen functional groups attached to an aromatic ring is 1. The van der Waals surface area contributed by atoms with Gasteiger partial charge in [0.15, 0.2) is 0 Å². The van der Waals surface area contributed by atoms with E-state index < -0.39 is 0 Å². The van der Waals surface area contributed by atoms with Crippen LogP contribution in [0.3, 0.4) is 0 Å². The standard InChI is InChI=1S/C13H20N4O/c1-8(2)16-12(18)5-6-17-10(4)9(3)11(7-14)13(17)15/h8H,5-6,15H2,1-4H3,(H,16,18). The van der Waals surface area contributed by atoms with Crippen LogP contribution in [0.15, 0.2) is 0 Å². The van der Waals surface area contributed by atoms with Crippen LogP contribution >= 0.6 is 0 Å². The molecule has 98 valence electrons. The maximum absolute atomic E-state index is 11.6. The molecule has 1 rings (SSSR count). The van der Waals surface area contributed by atoms with Gasteiger partial charge in [0.1, 0.15) is 11.9 Å². The zero-order chi connectivity index (χ0) is 13.9. The zero-order valence-electron chi connectivity index (χ0n) is 11.4. The molecule has 0 aliphatic carbocycles. The largest absolute Gasteiger partial charge is 0.384 e. The SMILES string of the molecule is Cc1c(C#N)c(N)n(CCC(=O)NC(C)C)c1C. The number of nitriles is 1. The molecular formula is C13H20N4O. The van der Waals surface area contributed by atoms with Gasteiger partial charge in [-0.3, -0.25) is 4.79 Å². The minimum Gasteiger partial charge on any atom is -0.384 e. The summed E-state index contributed by atoms with van der Waals surface area (Å²) in [5, 5.41) is 11.8. The molecular weight excluding hydrogens is 228 g/mol. The number of aromatic nitrogens is 1. The highest BCUT2D eigenvalue weighted by molar-refractivity contribution is 5.76. The average molecular weight is 248 g/mol. The van der Waals surface area contributed by atoms with Crippen LogP contribution in [0, 0.1) is 25.2 Å². The summed E-state index contributed by atoms with van der Waals surface area (Å²) in [6, 6.07) is 2.23. The Kier molecular flexibility index (Phi) is 4.38. The van der Waals surface area contributed by atoms with Gasteiger partial charge in [0.2, 0.25) is 5.91 Å². The molecule has 1 aromatic heterocycles. The summed E-state index contributed by atoms with van der Waals surface area (Å²) in [6.07, 6.45) is 0.363. The number of hydrogen-bond acceptors (Lipinski definition) is 3. The first-order valence-electron chi connectivity index (χ1n) is 6.03. The highest BCUT2D eigenvalue weighted by Crippen LogP contribution is 2.23. The fourth-order valence-corrected chi connectivity index (χ4v) is 1.93. The van der Waals surface area contributed by atoms with Gasteiger partial charge in [-0.2, -0.15) is 5.26 Å². The normalized spacial score (nSPS) is 10.4. The Morgan fingerprint density at radius 2 is 2.11 bits per heavy atom. The summed E-state index contributed by atoms with van der Waals surface area (Å²) in [6.45, 7) is 8.12. The Hall–Kier alpha value is -1.96. The first-order valence-corrected chi connectivity index (χ1v) is 6.03. The van der Waals surface area contributed by atoms with Gasteiger partial charge in [-0.1, -0.05) is 0 Å². The fraction of sp³-hybridized carbons (Fsp3) is 0.538. The summed E-state index contributed by atoms with van der Waals surface area (Å²) in [7, 11) is 0. The first kappa shape index (κ1) is 14.1. The maximum Gasteiger partial charge on any atom is 0.221 e. The molecule has 5 heteroatoms. The van der Waals surface area contributed by atoms with Crippen LogP contribution in [0.25, 0.3) is 0 Å². The first-order chi connectivity index (χ1) is 8.38. The second-order valence-corrected chi connectivity index (χ2v) is 4.71. The van der Waals surface area contributed by atoms with Gasteiger partial charge < -0.3 is 15.6 Å². The molecule has 0 aliphatic heterocycles. The minimum absolute atomic E-state index is 0.00587. The van der Waals surface area contributed by atoms with Crippen LogP contribution in [0.4, 0.5) is 5.82 Å². The van der Waals surface area contributed by atoms with E-state index in [1.165, 1.54) is 0 Å². The Balaban J connectivity index is 2.81. The number of carbonyl (C=O) groups excluding carboxylic acids is 1. The quantitative estimate of drug-likeness (QED) is 0.846. The van der Waals surface area contributed by atoms with Crippen molar-refractivity contribution >= 4 is 11.7 Å². The molecule has 0 saturated heterocycles. The molecule has 0 atom stereocenters. The van der Waals surface area contributed by atoms with Crippen molar-refractivity contribution in [2.75, 3.05) is 5.73 Å². The number of amides is 1. The van der Waals surface area contributed by atoms with Crippen molar-refractivity contribution in [3.8, 4) is 6.07 Å². The summed E-state index contributed by atoms with van der Waals surface area (Å²) in [5.41, 5.74) is 8.26. The molecule has 0 saturated carbocycles. The molecule has 18 heavy (non-hydrogen) atoms.